The van der Waals surface area contributed by atoms with Gasteiger partial charge < -0.3 is 20.4 Å². The first-order valence-corrected chi connectivity index (χ1v) is 10.8. The van der Waals surface area contributed by atoms with Gasteiger partial charge in [-0.25, -0.2) is 0 Å². The van der Waals surface area contributed by atoms with Crippen molar-refractivity contribution in [1.82, 2.24) is 0 Å². The van der Waals surface area contributed by atoms with Crippen LogP contribution in [0.5, 0.6) is 23.0 Å². The minimum absolute atomic E-state index is 0.0118. The Hall–Kier alpha value is -5.24. The SMILES string of the molecule is O=c1cc(-c2cc(O)c3c(O)c4ccccc4c(O)c3c2O)c(=O)c2c(=O)c3ccccc3c(=O)c1=2. The number of hydrogen-bond acceptors (Lipinski definition) is 8. The molecular weight excluding hydrogens is 464 g/mol. The van der Waals surface area contributed by atoms with Gasteiger partial charge in [-0.1, -0.05) is 48.5 Å². The van der Waals surface area contributed by atoms with E-state index in [-0.39, 0.29) is 37.9 Å². The first-order chi connectivity index (χ1) is 17.2. The van der Waals surface area contributed by atoms with E-state index in [1.807, 2.05) is 0 Å². The summed E-state index contributed by atoms with van der Waals surface area (Å²) in [4.78, 5) is 52.5. The molecule has 4 aromatic rings. The number of hydrogen-bond donors (Lipinski definition) is 4. The van der Waals surface area contributed by atoms with Crippen LogP contribution in [0, 0.1) is 10.4 Å². The van der Waals surface area contributed by atoms with Crippen LogP contribution in [0.2, 0.25) is 0 Å². The molecule has 2 aliphatic carbocycles. The highest BCUT2D eigenvalue weighted by atomic mass is 16.3. The van der Waals surface area contributed by atoms with E-state index in [0.29, 0.717) is 0 Å². The third-order valence-corrected chi connectivity index (χ3v) is 6.59. The summed E-state index contributed by atoms with van der Waals surface area (Å²) >= 11 is 0. The topological polar surface area (TPSA) is 149 Å². The number of fused-ring (bicyclic) bond motifs is 3. The van der Waals surface area contributed by atoms with Crippen LogP contribution in [0.15, 0.2) is 79.8 Å². The molecule has 0 fully saturated rings. The Bertz CT molecular complexity index is 2230. The van der Waals surface area contributed by atoms with Crippen LogP contribution < -0.4 is 21.7 Å². The number of phenols is 4. The zero-order valence-corrected chi connectivity index (χ0v) is 18.2. The molecule has 0 heterocycles. The number of benzene rings is 4. The number of rotatable bonds is 1. The Morgan fingerprint density at radius 3 is 1.56 bits per heavy atom. The van der Waals surface area contributed by atoms with E-state index in [0.717, 1.165) is 12.1 Å². The lowest BCUT2D eigenvalue weighted by Gasteiger charge is -2.15. The highest BCUT2D eigenvalue weighted by molar-refractivity contribution is 6.16. The molecule has 4 N–H and O–H groups in total. The first kappa shape index (κ1) is 21.3. The van der Waals surface area contributed by atoms with Crippen LogP contribution in [-0.2, 0) is 0 Å². The normalized spacial score (nSPS) is 11.7. The summed E-state index contributed by atoms with van der Waals surface area (Å²) in [6.07, 6.45) is 0. The summed E-state index contributed by atoms with van der Waals surface area (Å²) in [5.74, 6) is -2.17. The Morgan fingerprint density at radius 2 is 0.972 bits per heavy atom. The molecule has 0 atom stereocenters. The summed E-state index contributed by atoms with van der Waals surface area (Å²) in [5, 5.41) is 42.1. The molecule has 0 saturated heterocycles. The quantitative estimate of drug-likeness (QED) is 0.208. The molecule has 174 valence electrons. The highest BCUT2D eigenvalue weighted by Crippen LogP contribution is 2.51. The van der Waals surface area contributed by atoms with Crippen molar-refractivity contribution >= 4 is 32.3 Å². The van der Waals surface area contributed by atoms with Gasteiger partial charge in [0.2, 0.25) is 0 Å². The smallest absolute Gasteiger partial charge is 0.198 e. The van der Waals surface area contributed by atoms with Gasteiger partial charge >= 0.3 is 0 Å². The summed E-state index contributed by atoms with van der Waals surface area (Å²) in [7, 11) is 0. The Labute approximate surface area is 199 Å². The third kappa shape index (κ3) is 2.58. The van der Waals surface area contributed by atoms with Crippen molar-refractivity contribution in [2.24, 2.45) is 0 Å². The lowest BCUT2D eigenvalue weighted by Crippen LogP contribution is -2.29. The third-order valence-electron chi connectivity index (χ3n) is 6.59. The van der Waals surface area contributed by atoms with Crippen molar-refractivity contribution in [3.8, 4) is 34.1 Å². The molecule has 2 aliphatic rings. The summed E-state index contributed by atoms with van der Waals surface area (Å²) < 4.78 is 0. The minimum Gasteiger partial charge on any atom is -0.507 e. The molecule has 8 heteroatoms. The van der Waals surface area contributed by atoms with E-state index < -0.39 is 60.7 Å². The molecule has 0 bridgehead atoms. The average Bonchev–Trinajstić information content (AvgIpc) is 2.88. The fraction of sp³-hybridized carbons (Fsp3) is 0. The van der Waals surface area contributed by atoms with Crippen LogP contribution in [0.4, 0.5) is 0 Å². The van der Waals surface area contributed by atoms with Gasteiger partial charge in [0.15, 0.2) is 21.7 Å². The lowest BCUT2D eigenvalue weighted by molar-refractivity contribution is 0.452. The number of aromatic hydroxyl groups is 4. The first-order valence-electron chi connectivity index (χ1n) is 10.8. The van der Waals surface area contributed by atoms with Crippen molar-refractivity contribution in [3.63, 3.8) is 0 Å². The van der Waals surface area contributed by atoms with Gasteiger partial charge in [-0.3, -0.25) is 19.2 Å². The van der Waals surface area contributed by atoms with Crippen LogP contribution in [-0.4, -0.2) is 20.4 Å². The Kier molecular flexibility index (Phi) is 4.22. The molecule has 0 aliphatic heterocycles. The Balaban J connectivity index is 1.83. The molecule has 4 aromatic carbocycles. The monoisotopic (exact) mass is 478 g/mol. The molecule has 0 unspecified atom stereocenters. The molecule has 6 rings (SSSR count). The molecular formula is C28H14O8. The van der Waals surface area contributed by atoms with Crippen LogP contribution in [0.25, 0.3) is 43.4 Å². The zero-order chi connectivity index (χ0) is 25.5. The van der Waals surface area contributed by atoms with Crippen LogP contribution >= 0.6 is 0 Å². The van der Waals surface area contributed by atoms with Gasteiger partial charge in [0.25, 0.3) is 0 Å². The fourth-order valence-electron chi connectivity index (χ4n) is 4.93. The van der Waals surface area contributed by atoms with E-state index >= 15 is 0 Å². The molecule has 8 nitrogen and oxygen atoms in total. The van der Waals surface area contributed by atoms with Crippen molar-refractivity contribution in [3.05, 3.63) is 112 Å². The molecule has 0 spiro atoms. The summed E-state index contributed by atoms with van der Waals surface area (Å²) in [6.45, 7) is 0. The molecule has 36 heavy (non-hydrogen) atoms. The van der Waals surface area contributed by atoms with E-state index in [9.17, 15) is 39.6 Å². The summed E-state index contributed by atoms with van der Waals surface area (Å²) in [5.41, 5.74) is -4.25. The van der Waals surface area contributed by atoms with E-state index in [1.165, 1.54) is 36.4 Å². The maximum Gasteiger partial charge on any atom is 0.198 e. The van der Waals surface area contributed by atoms with E-state index in [4.69, 9.17) is 0 Å². The van der Waals surface area contributed by atoms with Gasteiger partial charge in [-0.15, -0.1) is 0 Å². The van der Waals surface area contributed by atoms with Crippen molar-refractivity contribution < 1.29 is 20.4 Å². The lowest BCUT2D eigenvalue weighted by atomic mass is 9.93. The van der Waals surface area contributed by atoms with E-state index in [1.54, 1.807) is 12.1 Å². The fourth-order valence-corrected chi connectivity index (χ4v) is 4.93. The zero-order valence-electron chi connectivity index (χ0n) is 18.2. The maximum atomic E-state index is 13.5. The second-order valence-electron chi connectivity index (χ2n) is 8.49. The van der Waals surface area contributed by atoms with Gasteiger partial charge in [0.05, 0.1) is 21.2 Å². The van der Waals surface area contributed by atoms with Gasteiger partial charge in [0.1, 0.15) is 23.0 Å². The van der Waals surface area contributed by atoms with Crippen LogP contribution in [0.3, 0.4) is 0 Å². The largest absolute Gasteiger partial charge is 0.507 e. The molecule has 0 radical (unpaired) electrons. The Morgan fingerprint density at radius 1 is 0.472 bits per heavy atom. The van der Waals surface area contributed by atoms with Crippen molar-refractivity contribution in [2.45, 2.75) is 0 Å². The number of phenolic OH excluding ortho intramolecular Hbond substituents is 4. The minimum atomic E-state index is -0.990. The second-order valence-corrected chi connectivity index (χ2v) is 8.49. The van der Waals surface area contributed by atoms with Gasteiger partial charge in [-0.2, -0.15) is 0 Å². The maximum absolute atomic E-state index is 13.5. The van der Waals surface area contributed by atoms with E-state index in [2.05, 4.69) is 0 Å². The van der Waals surface area contributed by atoms with Crippen molar-refractivity contribution in [1.29, 1.82) is 0 Å². The van der Waals surface area contributed by atoms with Crippen LogP contribution in [0.1, 0.15) is 0 Å². The van der Waals surface area contributed by atoms with Gasteiger partial charge in [-0.05, 0) is 12.1 Å². The predicted octanol–water partition coefficient (Wildman–Crippen LogP) is 2.68. The average molecular weight is 478 g/mol. The molecule has 0 aromatic heterocycles. The van der Waals surface area contributed by atoms with Crippen molar-refractivity contribution in [2.75, 3.05) is 0 Å². The van der Waals surface area contributed by atoms with Gasteiger partial charge in [0, 0.05) is 32.7 Å². The standard InChI is InChI=1S/C28H14O8/c29-17-9-15(27(35)21-19(17)23(31)11-5-1-3-7-13(11)25(21)33)16-10-18(30)20-22(28(16)36)26(34)14-8-4-2-6-12(14)24(20)32/h1-10,29,31,33,35H. The second kappa shape index (κ2) is 7.13. The predicted molar refractivity (Wildman–Crippen MR) is 134 cm³/mol. The molecule has 0 amide bonds. The molecule has 0 saturated carbocycles. The summed E-state index contributed by atoms with van der Waals surface area (Å²) in [6, 6.07) is 13.8. The highest BCUT2D eigenvalue weighted by Gasteiger charge is 2.24.